The van der Waals surface area contributed by atoms with Crippen LogP contribution >= 0.6 is 46.4 Å². The molecule has 0 unspecified atom stereocenters. The first-order valence-electron chi connectivity index (χ1n) is 7.67. The minimum atomic E-state index is -0.687. The molecule has 10 heteroatoms. The molecule has 6 nitrogen and oxygen atoms in total. The number of hydrogen-bond donors (Lipinski definition) is 3. The molecule has 3 N–H and O–H groups in total. The Bertz CT molecular complexity index is 848. The van der Waals surface area contributed by atoms with Crippen LogP contribution in [-0.2, 0) is 4.74 Å². The lowest BCUT2D eigenvalue weighted by atomic mass is 10.3. The van der Waals surface area contributed by atoms with Crippen molar-refractivity contribution in [1.82, 2.24) is 5.32 Å². The summed E-state index contributed by atoms with van der Waals surface area (Å²) in [6.45, 7) is 1.73. The van der Waals surface area contributed by atoms with E-state index < -0.39 is 18.2 Å². The zero-order chi connectivity index (χ0) is 20.0. The SMILES string of the molecule is C[C@@H](CNC(=O)Nc1ccc(Cl)c(Cl)c1)OC(=O)Nc1ccc(Cl)c(Cl)c1. The standard InChI is InChI=1S/C17H15Cl4N3O3/c1-9(27-17(26)24-11-3-5-13(19)15(21)7-11)8-22-16(25)23-10-2-4-12(18)14(20)6-10/h2-7,9H,8H2,1H3,(H,24,26)(H2,22,23,25)/t9-/m0/s1. The maximum absolute atomic E-state index is 11.9. The van der Waals surface area contributed by atoms with Crippen LogP contribution in [0.4, 0.5) is 21.0 Å². The zero-order valence-electron chi connectivity index (χ0n) is 14.0. The van der Waals surface area contributed by atoms with Crippen molar-refractivity contribution in [1.29, 1.82) is 0 Å². The van der Waals surface area contributed by atoms with Crippen molar-refractivity contribution in [3.63, 3.8) is 0 Å². The minimum absolute atomic E-state index is 0.0992. The molecule has 0 radical (unpaired) electrons. The molecular formula is C17H15Cl4N3O3. The third-order valence-corrected chi connectivity index (χ3v) is 4.68. The summed E-state index contributed by atoms with van der Waals surface area (Å²) in [6, 6.07) is 8.86. The van der Waals surface area contributed by atoms with E-state index in [2.05, 4.69) is 16.0 Å². The van der Waals surface area contributed by atoms with Crippen LogP contribution in [0.3, 0.4) is 0 Å². The molecule has 144 valence electrons. The second kappa shape index (κ2) is 9.90. The quantitative estimate of drug-likeness (QED) is 0.517. The average molecular weight is 451 g/mol. The molecule has 2 aromatic rings. The van der Waals surface area contributed by atoms with Crippen molar-refractivity contribution >= 4 is 69.9 Å². The van der Waals surface area contributed by atoms with Gasteiger partial charge in [-0.15, -0.1) is 0 Å². The van der Waals surface area contributed by atoms with Gasteiger partial charge < -0.3 is 15.4 Å². The Labute approximate surface area is 176 Å². The molecule has 0 fully saturated rings. The van der Waals surface area contributed by atoms with E-state index in [0.717, 1.165) is 0 Å². The third kappa shape index (κ3) is 6.99. The largest absolute Gasteiger partial charge is 0.444 e. The summed E-state index contributed by atoms with van der Waals surface area (Å²) < 4.78 is 5.15. The minimum Gasteiger partial charge on any atom is -0.444 e. The number of urea groups is 1. The molecule has 0 aromatic heterocycles. The lowest BCUT2D eigenvalue weighted by Crippen LogP contribution is -2.36. The molecule has 0 aliphatic carbocycles. The summed E-state index contributed by atoms with van der Waals surface area (Å²) in [5, 5.41) is 9.09. The van der Waals surface area contributed by atoms with Gasteiger partial charge in [0.15, 0.2) is 0 Å². The Morgan fingerprint density at radius 2 is 1.41 bits per heavy atom. The van der Waals surface area contributed by atoms with Crippen molar-refractivity contribution < 1.29 is 14.3 Å². The monoisotopic (exact) mass is 449 g/mol. The molecule has 0 spiro atoms. The van der Waals surface area contributed by atoms with Crippen LogP contribution in [0.1, 0.15) is 6.92 Å². The number of halogens is 4. The Morgan fingerprint density at radius 1 is 0.889 bits per heavy atom. The molecule has 0 bridgehead atoms. The van der Waals surface area contributed by atoms with Crippen molar-refractivity contribution in [2.45, 2.75) is 13.0 Å². The molecule has 2 aromatic carbocycles. The lowest BCUT2D eigenvalue weighted by Gasteiger charge is -2.15. The van der Waals surface area contributed by atoms with E-state index in [1.165, 1.54) is 12.1 Å². The van der Waals surface area contributed by atoms with E-state index in [4.69, 9.17) is 51.1 Å². The Balaban J connectivity index is 1.76. The number of rotatable bonds is 5. The molecule has 0 aliphatic rings. The fraction of sp³-hybridized carbons (Fsp3) is 0.176. The van der Waals surface area contributed by atoms with Crippen LogP contribution in [0.5, 0.6) is 0 Å². The van der Waals surface area contributed by atoms with Gasteiger partial charge in [0.2, 0.25) is 0 Å². The molecular weight excluding hydrogens is 436 g/mol. The third-order valence-electron chi connectivity index (χ3n) is 3.20. The highest BCUT2D eigenvalue weighted by Crippen LogP contribution is 2.25. The number of hydrogen-bond acceptors (Lipinski definition) is 3. The maximum Gasteiger partial charge on any atom is 0.411 e. The summed E-state index contributed by atoms with van der Waals surface area (Å²) in [6.07, 6.45) is -1.26. The normalized spacial score (nSPS) is 11.4. The number of nitrogens with one attached hydrogen (secondary N) is 3. The highest BCUT2D eigenvalue weighted by atomic mass is 35.5. The molecule has 0 saturated heterocycles. The fourth-order valence-electron chi connectivity index (χ4n) is 1.93. The van der Waals surface area contributed by atoms with Crippen LogP contribution < -0.4 is 16.0 Å². The van der Waals surface area contributed by atoms with Gasteiger partial charge in [-0.1, -0.05) is 46.4 Å². The smallest absolute Gasteiger partial charge is 0.411 e. The summed E-state index contributed by atoms with van der Waals surface area (Å²) in [4.78, 5) is 23.7. The van der Waals surface area contributed by atoms with E-state index in [1.54, 1.807) is 31.2 Å². The predicted molar refractivity (Wildman–Crippen MR) is 110 cm³/mol. The Hall–Kier alpha value is -1.86. The number of carbonyl (C=O) groups excluding carboxylic acids is 2. The highest BCUT2D eigenvalue weighted by Gasteiger charge is 2.12. The molecule has 1 atom stereocenters. The van der Waals surface area contributed by atoms with E-state index in [-0.39, 0.29) is 6.54 Å². The molecule has 0 heterocycles. The Kier molecular flexibility index (Phi) is 7.86. The highest BCUT2D eigenvalue weighted by molar-refractivity contribution is 6.42. The van der Waals surface area contributed by atoms with Crippen molar-refractivity contribution in [3.05, 3.63) is 56.5 Å². The van der Waals surface area contributed by atoms with Crippen LogP contribution in [0.2, 0.25) is 20.1 Å². The fourth-order valence-corrected chi connectivity index (χ4v) is 2.53. The van der Waals surface area contributed by atoms with Crippen LogP contribution in [0.15, 0.2) is 36.4 Å². The van der Waals surface area contributed by atoms with Gasteiger partial charge in [0.05, 0.1) is 26.6 Å². The van der Waals surface area contributed by atoms with Crippen molar-refractivity contribution in [2.24, 2.45) is 0 Å². The lowest BCUT2D eigenvalue weighted by molar-refractivity contribution is 0.120. The first-order chi connectivity index (χ1) is 12.7. The van der Waals surface area contributed by atoms with E-state index in [1.807, 2.05) is 0 Å². The predicted octanol–water partition coefficient (Wildman–Crippen LogP) is 6.06. The van der Waals surface area contributed by atoms with Gasteiger partial charge in [-0.2, -0.15) is 0 Å². The number of amides is 3. The summed E-state index contributed by atoms with van der Waals surface area (Å²) in [5.74, 6) is 0. The molecule has 3 amide bonds. The first-order valence-corrected chi connectivity index (χ1v) is 9.18. The molecule has 0 saturated carbocycles. The van der Waals surface area contributed by atoms with E-state index in [9.17, 15) is 9.59 Å². The van der Waals surface area contributed by atoms with Gasteiger partial charge >= 0.3 is 12.1 Å². The average Bonchev–Trinajstić information content (AvgIpc) is 2.59. The number of ether oxygens (including phenoxy) is 1. The van der Waals surface area contributed by atoms with Gasteiger partial charge in [0.25, 0.3) is 0 Å². The topological polar surface area (TPSA) is 79.5 Å². The van der Waals surface area contributed by atoms with Gasteiger partial charge in [0, 0.05) is 11.4 Å². The number of carbonyl (C=O) groups is 2. The second-order valence-corrected chi connectivity index (χ2v) is 7.06. The van der Waals surface area contributed by atoms with Crippen LogP contribution in [0, 0.1) is 0 Å². The maximum atomic E-state index is 11.9. The van der Waals surface area contributed by atoms with Crippen molar-refractivity contribution in [2.75, 3.05) is 17.2 Å². The molecule has 0 aliphatic heterocycles. The van der Waals surface area contributed by atoms with E-state index >= 15 is 0 Å². The summed E-state index contributed by atoms with van der Waals surface area (Å²) >= 11 is 23.4. The van der Waals surface area contributed by atoms with Gasteiger partial charge in [-0.05, 0) is 43.3 Å². The van der Waals surface area contributed by atoms with Crippen LogP contribution in [-0.4, -0.2) is 24.8 Å². The van der Waals surface area contributed by atoms with E-state index in [0.29, 0.717) is 31.5 Å². The first kappa shape index (κ1) is 21.4. The zero-order valence-corrected chi connectivity index (χ0v) is 17.0. The van der Waals surface area contributed by atoms with Gasteiger partial charge in [-0.3, -0.25) is 5.32 Å². The van der Waals surface area contributed by atoms with Gasteiger partial charge in [-0.25, -0.2) is 9.59 Å². The second-order valence-electron chi connectivity index (χ2n) is 5.43. The molecule has 27 heavy (non-hydrogen) atoms. The number of benzene rings is 2. The summed E-state index contributed by atoms with van der Waals surface area (Å²) in [7, 11) is 0. The number of anilines is 2. The Morgan fingerprint density at radius 3 is 1.93 bits per heavy atom. The van der Waals surface area contributed by atoms with Crippen molar-refractivity contribution in [3.8, 4) is 0 Å². The van der Waals surface area contributed by atoms with Gasteiger partial charge in [0.1, 0.15) is 6.10 Å². The molecule has 2 rings (SSSR count). The summed E-state index contributed by atoms with van der Waals surface area (Å²) in [5.41, 5.74) is 0.916. The van der Waals surface area contributed by atoms with Crippen LogP contribution in [0.25, 0.3) is 0 Å².